The third kappa shape index (κ3) is 4.70. The van der Waals surface area contributed by atoms with E-state index in [1.807, 2.05) is 30.3 Å². The fourth-order valence-electron chi connectivity index (χ4n) is 5.12. The van der Waals surface area contributed by atoms with Crippen molar-refractivity contribution in [2.75, 3.05) is 32.1 Å². The smallest absolute Gasteiger partial charge is 0.322 e. The third-order valence-corrected chi connectivity index (χ3v) is 6.97. The molecule has 36 heavy (non-hydrogen) atoms. The number of nitrogens with zero attached hydrogens (tertiary/aromatic N) is 2. The molecule has 0 saturated carbocycles. The lowest BCUT2D eigenvalue weighted by Crippen LogP contribution is -2.73. The lowest BCUT2D eigenvalue weighted by Gasteiger charge is -2.58. The summed E-state index contributed by atoms with van der Waals surface area (Å²) in [4.78, 5) is 29.1. The summed E-state index contributed by atoms with van der Waals surface area (Å²) in [6.07, 6.45) is 4.13. The Kier molecular flexibility index (Phi) is 6.73. The molecule has 5 rings (SSSR count). The SMILES string of the molecule is COc1ccc(NC(=O)N2CC(=O)N3[C@H](CO)[C@@H](c4ccc(/C=C/c5ccccc5)cc4)[C@@H]3C2)cc1. The van der Waals surface area contributed by atoms with Crippen molar-refractivity contribution in [3.05, 3.63) is 95.6 Å². The van der Waals surface area contributed by atoms with Crippen molar-refractivity contribution in [2.45, 2.75) is 18.0 Å². The molecule has 3 aromatic carbocycles. The van der Waals surface area contributed by atoms with Gasteiger partial charge in [-0.3, -0.25) is 4.79 Å². The highest BCUT2D eigenvalue weighted by atomic mass is 16.5. The standard InChI is InChI=1S/C29H29N3O4/c1-36-24-15-13-23(14-16-24)30-29(35)31-17-25-28(26(19-33)32(25)27(34)18-31)22-11-9-21(10-12-22)8-7-20-5-3-2-4-6-20/h2-16,25-26,28,33H,17-19H2,1H3,(H,30,35)/b8-7+/t25-,26+,28-/m0/s1. The number of rotatable bonds is 6. The van der Waals surface area contributed by atoms with Crippen molar-refractivity contribution in [1.82, 2.24) is 9.80 Å². The van der Waals surface area contributed by atoms with E-state index in [2.05, 4.69) is 41.7 Å². The van der Waals surface area contributed by atoms with E-state index >= 15 is 0 Å². The van der Waals surface area contributed by atoms with E-state index < -0.39 is 0 Å². The Morgan fingerprint density at radius 3 is 2.31 bits per heavy atom. The quantitative estimate of drug-likeness (QED) is 0.518. The number of benzene rings is 3. The highest BCUT2D eigenvalue weighted by Gasteiger charge is 2.54. The van der Waals surface area contributed by atoms with Crippen LogP contribution in [0.1, 0.15) is 22.6 Å². The number of hydrogen-bond acceptors (Lipinski definition) is 4. The maximum atomic E-state index is 12.9. The summed E-state index contributed by atoms with van der Waals surface area (Å²) in [7, 11) is 1.59. The first-order chi connectivity index (χ1) is 17.6. The van der Waals surface area contributed by atoms with Gasteiger partial charge in [0.05, 0.1) is 25.8 Å². The van der Waals surface area contributed by atoms with E-state index in [1.54, 1.807) is 41.2 Å². The van der Waals surface area contributed by atoms with Gasteiger partial charge in [-0.1, -0.05) is 66.7 Å². The van der Waals surface area contributed by atoms with E-state index in [0.717, 1.165) is 16.7 Å². The molecule has 3 aromatic rings. The van der Waals surface area contributed by atoms with E-state index in [-0.39, 0.29) is 43.1 Å². The van der Waals surface area contributed by atoms with E-state index in [0.29, 0.717) is 18.0 Å². The summed E-state index contributed by atoms with van der Waals surface area (Å²) in [6, 6.07) is 24.6. The lowest BCUT2D eigenvalue weighted by atomic mass is 9.73. The largest absolute Gasteiger partial charge is 0.497 e. The minimum absolute atomic E-state index is 0.00900. The van der Waals surface area contributed by atoms with Crippen LogP contribution in [0.2, 0.25) is 0 Å². The average Bonchev–Trinajstić information content (AvgIpc) is 2.90. The maximum Gasteiger partial charge on any atom is 0.322 e. The molecule has 2 aliphatic heterocycles. The Labute approximate surface area is 210 Å². The molecule has 0 spiro atoms. The van der Waals surface area contributed by atoms with Crippen molar-refractivity contribution in [2.24, 2.45) is 0 Å². The number of aliphatic hydroxyl groups excluding tert-OH is 1. The predicted octanol–water partition coefficient (Wildman–Crippen LogP) is 4.07. The second-order valence-corrected chi connectivity index (χ2v) is 9.09. The van der Waals surface area contributed by atoms with Gasteiger partial charge in [-0.25, -0.2) is 4.79 Å². The number of anilines is 1. The predicted molar refractivity (Wildman–Crippen MR) is 140 cm³/mol. The zero-order chi connectivity index (χ0) is 25.1. The molecule has 2 N–H and O–H groups in total. The van der Waals surface area contributed by atoms with Gasteiger partial charge >= 0.3 is 6.03 Å². The van der Waals surface area contributed by atoms with Crippen LogP contribution in [0.5, 0.6) is 5.75 Å². The summed E-state index contributed by atoms with van der Waals surface area (Å²) < 4.78 is 5.16. The number of methoxy groups -OCH3 is 1. The molecule has 3 atom stereocenters. The van der Waals surface area contributed by atoms with Gasteiger partial charge in [-0.05, 0) is 41.0 Å². The van der Waals surface area contributed by atoms with E-state index in [9.17, 15) is 14.7 Å². The molecule has 2 aliphatic rings. The molecular weight excluding hydrogens is 454 g/mol. The van der Waals surface area contributed by atoms with Crippen molar-refractivity contribution in [3.8, 4) is 5.75 Å². The molecule has 184 valence electrons. The minimum atomic E-state index is -0.319. The number of fused-ring (bicyclic) bond motifs is 1. The number of ether oxygens (including phenoxy) is 1. The van der Waals surface area contributed by atoms with Gasteiger partial charge in [0.15, 0.2) is 0 Å². The van der Waals surface area contributed by atoms with Crippen LogP contribution in [0, 0.1) is 0 Å². The molecule has 7 nitrogen and oxygen atoms in total. The third-order valence-electron chi connectivity index (χ3n) is 6.97. The van der Waals surface area contributed by atoms with Gasteiger partial charge < -0.3 is 25.0 Å². The van der Waals surface area contributed by atoms with Crippen molar-refractivity contribution < 1.29 is 19.4 Å². The van der Waals surface area contributed by atoms with Crippen molar-refractivity contribution in [1.29, 1.82) is 0 Å². The van der Waals surface area contributed by atoms with Gasteiger partial charge in [0.1, 0.15) is 12.3 Å². The molecule has 2 fully saturated rings. The summed E-state index contributed by atoms with van der Waals surface area (Å²) in [5.74, 6) is 0.516. The molecule has 0 bridgehead atoms. The number of amides is 3. The molecule has 0 unspecified atom stereocenters. The highest BCUT2D eigenvalue weighted by molar-refractivity contribution is 5.93. The molecule has 0 aliphatic carbocycles. The Balaban J connectivity index is 1.28. The lowest BCUT2D eigenvalue weighted by molar-refractivity contribution is -0.159. The number of carbonyl (C=O) groups is 2. The molecule has 7 heteroatoms. The maximum absolute atomic E-state index is 12.9. The van der Waals surface area contributed by atoms with Crippen LogP contribution in [-0.4, -0.2) is 65.7 Å². The van der Waals surface area contributed by atoms with Crippen LogP contribution in [-0.2, 0) is 4.79 Å². The Bertz CT molecular complexity index is 1240. The van der Waals surface area contributed by atoms with Crippen LogP contribution in [0.25, 0.3) is 12.2 Å². The Morgan fingerprint density at radius 1 is 1.00 bits per heavy atom. The highest BCUT2D eigenvalue weighted by Crippen LogP contribution is 2.43. The molecule has 3 amide bonds. The number of carbonyl (C=O) groups excluding carboxylic acids is 2. The summed E-state index contributed by atoms with van der Waals surface area (Å²) in [6.45, 7) is 0.288. The van der Waals surface area contributed by atoms with Crippen LogP contribution < -0.4 is 10.1 Å². The molecule has 0 radical (unpaired) electrons. The average molecular weight is 484 g/mol. The zero-order valence-electron chi connectivity index (χ0n) is 20.1. The van der Waals surface area contributed by atoms with Crippen LogP contribution in [0.15, 0.2) is 78.9 Å². The Morgan fingerprint density at radius 2 is 1.67 bits per heavy atom. The molecule has 0 aromatic heterocycles. The van der Waals surface area contributed by atoms with Crippen LogP contribution in [0.3, 0.4) is 0 Å². The fourth-order valence-corrected chi connectivity index (χ4v) is 5.12. The van der Waals surface area contributed by atoms with Gasteiger partial charge in [-0.15, -0.1) is 0 Å². The summed E-state index contributed by atoms with van der Waals surface area (Å²) in [5, 5.41) is 12.9. The van der Waals surface area contributed by atoms with Crippen molar-refractivity contribution in [3.63, 3.8) is 0 Å². The first-order valence-corrected chi connectivity index (χ1v) is 12.0. The minimum Gasteiger partial charge on any atom is -0.497 e. The monoisotopic (exact) mass is 483 g/mol. The number of nitrogens with one attached hydrogen (secondary N) is 1. The van der Waals surface area contributed by atoms with Gasteiger partial charge in [0, 0.05) is 18.2 Å². The number of urea groups is 1. The first kappa shape index (κ1) is 23.6. The summed E-state index contributed by atoms with van der Waals surface area (Å²) >= 11 is 0. The van der Waals surface area contributed by atoms with Gasteiger partial charge in [-0.2, -0.15) is 0 Å². The number of aliphatic hydroxyl groups is 1. The second kappa shape index (κ2) is 10.3. The van der Waals surface area contributed by atoms with Crippen molar-refractivity contribution >= 4 is 29.8 Å². The van der Waals surface area contributed by atoms with Gasteiger partial charge in [0.25, 0.3) is 0 Å². The van der Waals surface area contributed by atoms with Crippen LogP contribution in [0.4, 0.5) is 10.5 Å². The zero-order valence-corrected chi connectivity index (χ0v) is 20.1. The van der Waals surface area contributed by atoms with Gasteiger partial charge in [0.2, 0.25) is 5.91 Å². The Hall–Kier alpha value is -4.10. The second-order valence-electron chi connectivity index (χ2n) is 9.09. The number of hydrogen-bond donors (Lipinski definition) is 2. The summed E-state index contributed by atoms with van der Waals surface area (Å²) in [5.41, 5.74) is 3.88. The molecule has 2 saturated heterocycles. The number of piperazine rings is 1. The first-order valence-electron chi connectivity index (χ1n) is 12.0. The normalized spacial score (nSPS) is 21.2. The van der Waals surface area contributed by atoms with Crippen LogP contribution >= 0.6 is 0 Å². The molecular formula is C29H29N3O4. The molecule has 2 heterocycles. The fraction of sp³-hybridized carbons (Fsp3) is 0.241. The van der Waals surface area contributed by atoms with E-state index in [4.69, 9.17) is 4.74 Å². The van der Waals surface area contributed by atoms with E-state index in [1.165, 1.54) is 0 Å². The topological polar surface area (TPSA) is 82.1 Å².